The zero-order valence-corrected chi connectivity index (χ0v) is 4.77. The molecule has 0 aliphatic rings. The Morgan fingerprint density at radius 1 is 1.88 bits per heavy atom. The van der Waals surface area contributed by atoms with Gasteiger partial charge in [-0.15, -0.1) is 0 Å². The second-order valence-corrected chi connectivity index (χ2v) is 1.67. The van der Waals surface area contributed by atoms with Gasteiger partial charge in [0.2, 0.25) is 0 Å². The predicted molar refractivity (Wildman–Crippen MR) is 32.7 cm³/mol. The van der Waals surface area contributed by atoms with Gasteiger partial charge in [-0.3, -0.25) is 0 Å². The van der Waals surface area contributed by atoms with E-state index in [1.165, 1.54) is 6.16 Å². The van der Waals surface area contributed by atoms with Crippen molar-refractivity contribution in [3.8, 4) is 0 Å². The summed E-state index contributed by atoms with van der Waals surface area (Å²) in [5.74, 6) is 2.04. The van der Waals surface area contributed by atoms with Crippen molar-refractivity contribution in [1.82, 2.24) is 0 Å². The SMILES string of the molecule is N=C(Cl)c1cbco1. The third-order valence-electron chi connectivity index (χ3n) is 0.738. The van der Waals surface area contributed by atoms with Crippen LogP contribution < -0.4 is 0 Å². The molecule has 0 radical (unpaired) electrons. The molecule has 0 bridgehead atoms. The first-order chi connectivity index (χ1) is 3.80. The Bertz CT molecular complexity index is 184. The van der Waals surface area contributed by atoms with Crippen LogP contribution in [0.5, 0.6) is 0 Å². The van der Waals surface area contributed by atoms with E-state index in [0.717, 1.165) is 0 Å². The molecule has 0 unspecified atom stereocenters. The molecule has 0 saturated heterocycles. The molecule has 0 atom stereocenters. The van der Waals surface area contributed by atoms with E-state index in [2.05, 4.69) is 0 Å². The normalized spacial score (nSPS) is 8.62. The average Bonchev–Trinajstić information content (AvgIpc) is 2.12. The van der Waals surface area contributed by atoms with Crippen molar-refractivity contribution in [3.63, 3.8) is 0 Å². The van der Waals surface area contributed by atoms with E-state index in [1.54, 1.807) is 12.9 Å². The molecule has 1 heterocycles. The van der Waals surface area contributed by atoms with Crippen LogP contribution in [0.3, 0.4) is 0 Å². The first kappa shape index (κ1) is 5.57. The second kappa shape index (κ2) is 2.14. The average molecular weight is 127 g/mol. The van der Waals surface area contributed by atoms with Crippen LogP contribution in [0.15, 0.2) is 16.5 Å². The molecular weight excluding hydrogens is 124 g/mol. The fraction of sp³-hybridized carbons (Fsp3) is 0. The molecule has 0 aliphatic carbocycles. The molecule has 4 heteroatoms. The minimum atomic E-state index is -0.0602. The van der Waals surface area contributed by atoms with E-state index < -0.39 is 0 Å². The number of rotatable bonds is 1. The van der Waals surface area contributed by atoms with Gasteiger partial charge in [-0.25, -0.2) is 0 Å². The van der Waals surface area contributed by atoms with Crippen molar-refractivity contribution >= 4 is 23.7 Å². The van der Waals surface area contributed by atoms with Crippen LogP contribution in [-0.4, -0.2) is 12.1 Å². The predicted octanol–water partition coefficient (Wildman–Crippen LogP) is 1.18. The van der Waals surface area contributed by atoms with E-state index >= 15 is 0 Å². The summed E-state index contributed by atoms with van der Waals surface area (Å²) < 4.78 is 4.74. The zero-order valence-electron chi connectivity index (χ0n) is 4.02. The maximum absolute atomic E-state index is 6.82. The molecule has 40 valence electrons. The molecule has 0 aliphatic heterocycles. The maximum atomic E-state index is 6.82. The molecule has 2 nitrogen and oxygen atoms in total. The Labute approximate surface area is 52.2 Å². The summed E-state index contributed by atoms with van der Waals surface area (Å²) in [5, 5.41) is 6.76. The van der Waals surface area contributed by atoms with Gasteiger partial charge < -0.3 is 0 Å². The fourth-order valence-corrected chi connectivity index (χ4v) is 0.511. The summed E-state index contributed by atoms with van der Waals surface area (Å²) in [6.45, 7) is 1.69. The van der Waals surface area contributed by atoms with Crippen molar-refractivity contribution in [2.45, 2.75) is 0 Å². The van der Waals surface area contributed by atoms with Crippen LogP contribution in [0.2, 0.25) is 0 Å². The van der Waals surface area contributed by atoms with Crippen LogP contribution in [0.1, 0.15) is 5.76 Å². The molecule has 0 fully saturated rings. The van der Waals surface area contributed by atoms with Gasteiger partial charge in [0, 0.05) is 0 Å². The molecule has 1 aromatic rings. The molecule has 0 spiro atoms. The summed E-state index contributed by atoms with van der Waals surface area (Å²) >= 11 is 5.23. The third kappa shape index (κ3) is 0.982. The van der Waals surface area contributed by atoms with Crippen molar-refractivity contribution in [2.75, 3.05) is 0 Å². The van der Waals surface area contributed by atoms with Crippen LogP contribution in [0.4, 0.5) is 0 Å². The number of hydrogen-bond acceptors (Lipinski definition) is 2. The van der Waals surface area contributed by atoms with Gasteiger partial charge in [-0.05, 0) is 0 Å². The summed E-state index contributed by atoms with van der Waals surface area (Å²) in [5.41, 5.74) is 0. The molecule has 0 saturated carbocycles. The number of halogens is 1. The van der Waals surface area contributed by atoms with Gasteiger partial charge in [0.15, 0.2) is 0 Å². The third-order valence-corrected chi connectivity index (χ3v) is 0.924. The molecule has 0 amide bonds. The standard InChI is InChI=1S/C4H3BClNO/c6-4(7)3-1-5-2-8-3/h1-2,7H. The van der Waals surface area contributed by atoms with Gasteiger partial charge in [0.05, 0.1) is 0 Å². The molecular formula is C4H3BClNO. The van der Waals surface area contributed by atoms with Crippen LogP contribution >= 0.6 is 11.6 Å². The summed E-state index contributed by atoms with van der Waals surface area (Å²) in [6.07, 6.45) is 1.48. The monoisotopic (exact) mass is 127 g/mol. The zero-order chi connectivity index (χ0) is 5.98. The van der Waals surface area contributed by atoms with Crippen LogP contribution in [-0.2, 0) is 0 Å². The van der Waals surface area contributed by atoms with Crippen molar-refractivity contribution < 1.29 is 4.42 Å². The molecule has 1 rings (SSSR count). The molecule has 1 N–H and O–H groups in total. The van der Waals surface area contributed by atoms with Gasteiger partial charge in [0.25, 0.3) is 0 Å². The first-order valence-electron chi connectivity index (χ1n) is 2.08. The number of hydrogen-bond donors (Lipinski definition) is 1. The Balaban J connectivity index is 2.93. The van der Waals surface area contributed by atoms with Crippen molar-refractivity contribution in [3.05, 3.63) is 17.9 Å². The van der Waals surface area contributed by atoms with Crippen LogP contribution in [0.25, 0.3) is 0 Å². The Morgan fingerprint density at radius 2 is 2.62 bits per heavy atom. The van der Waals surface area contributed by atoms with Crippen LogP contribution in [0, 0.1) is 5.41 Å². The summed E-state index contributed by atoms with van der Waals surface area (Å²) in [4.78, 5) is 0. The molecule has 0 aromatic carbocycles. The molecule has 1 aromatic heterocycles. The second-order valence-electron chi connectivity index (χ2n) is 1.29. The van der Waals surface area contributed by atoms with Gasteiger partial charge in [-0.1, -0.05) is 0 Å². The van der Waals surface area contributed by atoms with Gasteiger partial charge in [0.1, 0.15) is 0 Å². The Kier molecular flexibility index (Phi) is 1.49. The molecule has 8 heavy (non-hydrogen) atoms. The Morgan fingerprint density at radius 3 is 2.88 bits per heavy atom. The topological polar surface area (TPSA) is 37.0 Å². The van der Waals surface area contributed by atoms with E-state index in [1.807, 2.05) is 0 Å². The van der Waals surface area contributed by atoms with E-state index in [0.29, 0.717) is 5.76 Å². The quantitative estimate of drug-likeness (QED) is 0.565. The summed E-state index contributed by atoms with van der Waals surface area (Å²) in [7, 11) is 0. The minimum absolute atomic E-state index is 0.0602. The van der Waals surface area contributed by atoms with Crippen molar-refractivity contribution in [2.24, 2.45) is 0 Å². The van der Waals surface area contributed by atoms with Crippen molar-refractivity contribution in [1.29, 1.82) is 5.41 Å². The van der Waals surface area contributed by atoms with Gasteiger partial charge >= 0.3 is 51.4 Å². The fourth-order valence-electron chi connectivity index (χ4n) is 0.403. The van der Waals surface area contributed by atoms with E-state index in [4.69, 9.17) is 21.4 Å². The number of nitrogens with one attached hydrogen (secondary N) is 1. The first-order valence-corrected chi connectivity index (χ1v) is 2.46. The summed E-state index contributed by atoms with van der Waals surface area (Å²) in [6, 6.07) is 0. The Hall–Kier alpha value is -0.565. The van der Waals surface area contributed by atoms with E-state index in [9.17, 15) is 0 Å². The van der Waals surface area contributed by atoms with E-state index in [-0.39, 0.29) is 5.17 Å². The van der Waals surface area contributed by atoms with Gasteiger partial charge in [-0.2, -0.15) is 0 Å².